The Balaban J connectivity index is 1.66. The highest BCUT2D eigenvalue weighted by atomic mass is 16.4. The summed E-state index contributed by atoms with van der Waals surface area (Å²) in [7, 11) is 1.71. The minimum Gasteiger partial charge on any atom is -0.481 e. The zero-order valence-corrected chi connectivity index (χ0v) is 14.1. The minimum atomic E-state index is -0.944. The highest BCUT2D eigenvalue weighted by Crippen LogP contribution is 2.42. The number of nitrogens with zero attached hydrogens (tertiary/aromatic N) is 2. The number of benzene rings is 1. The molecule has 1 spiro atoms. The van der Waals surface area contributed by atoms with Crippen LogP contribution in [0, 0.1) is 5.92 Å². The molecular formula is C18H22N2O5. The lowest BCUT2D eigenvalue weighted by atomic mass is 9.77. The summed E-state index contributed by atoms with van der Waals surface area (Å²) in [5.41, 5.74) is 0.704. The molecule has 0 saturated carbocycles. The molecular weight excluding hydrogens is 324 g/mol. The van der Waals surface area contributed by atoms with Gasteiger partial charge in [-0.3, -0.25) is 14.5 Å². The minimum absolute atomic E-state index is 0.0858. The number of hydrogen-bond acceptors (Lipinski definition) is 4. The number of hydrogen-bond donors (Lipinski definition) is 2. The van der Waals surface area contributed by atoms with Crippen LogP contribution in [-0.2, 0) is 16.1 Å². The normalized spacial score (nSPS) is 23.2. The Morgan fingerprint density at radius 2 is 1.76 bits per heavy atom. The third-order valence-electron chi connectivity index (χ3n) is 5.70. The summed E-state index contributed by atoms with van der Waals surface area (Å²) in [4.78, 5) is 38.4. The highest BCUT2D eigenvalue weighted by molar-refractivity contribution is 5.88. The van der Waals surface area contributed by atoms with Gasteiger partial charge in [-0.1, -0.05) is 12.1 Å². The molecule has 0 aliphatic carbocycles. The standard InChI is InChI=1S/C18H22N2O5/c1-19-15(21)10-14(17(24)25)18(19)6-8-20(9-7-18)11-12-2-4-13(5-3-12)16(22)23/h2-5,14H,6-11H2,1H3,(H,22,23)(H,24,25)/t14-/m0/s1. The number of aromatic carboxylic acids is 1. The van der Waals surface area contributed by atoms with E-state index in [0.717, 1.165) is 5.56 Å². The number of piperidine rings is 1. The third-order valence-corrected chi connectivity index (χ3v) is 5.70. The third kappa shape index (κ3) is 3.11. The van der Waals surface area contributed by atoms with Gasteiger partial charge in [-0.2, -0.15) is 0 Å². The number of carbonyl (C=O) groups is 3. The maximum atomic E-state index is 12.0. The number of rotatable bonds is 4. The van der Waals surface area contributed by atoms with Crippen LogP contribution >= 0.6 is 0 Å². The van der Waals surface area contributed by atoms with Gasteiger partial charge in [-0.25, -0.2) is 4.79 Å². The van der Waals surface area contributed by atoms with E-state index in [1.807, 2.05) is 0 Å². The van der Waals surface area contributed by atoms with Crippen molar-refractivity contribution in [2.45, 2.75) is 31.3 Å². The first-order chi connectivity index (χ1) is 11.8. The van der Waals surface area contributed by atoms with Gasteiger partial charge in [0.2, 0.25) is 5.91 Å². The van der Waals surface area contributed by atoms with Crippen molar-refractivity contribution >= 4 is 17.8 Å². The molecule has 2 aliphatic rings. The molecule has 2 saturated heterocycles. The fourth-order valence-electron chi connectivity index (χ4n) is 4.09. The summed E-state index contributed by atoms with van der Waals surface area (Å²) < 4.78 is 0. The van der Waals surface area contributed by atoms with Crippen molar-refractivity contribution in [2.75, 3.05) is 20.1 Å². The second kappa shape index (κ2) is 6.48. The maximum absolute atomic E-state index is 12.0. The largest absolute Gasteiger partial charge is 0.481 e. The van der Waals surface area contributed by atoms with Gasteiger partial charge in [0.05, 0.1) is 17.0 Å². The highest BCUT2D eigenvalue weighted by Gasteiger charge is 2.55. The Hall–Kier alpha value is -2.41. The predicted molar refractivity (Wildman–Crippen MR) is 89.2 cm³/mol. The number of likely N-dealkylation sites (tertiary alicyclic amines) is 2. The molecule has 2 N–H and O–H groups in total. The summed E-state index contributed by atoms with van der Waals surface area (Å²) in [5.74, 6) is -2.57. The van der Waals surface area contributed by atoms with E-state index in [2.05, 4.69) is 4.90 Å². The lowest BCUT2D eigenvalue weighted by Gasteiger charge is -2.45. The summed E-state index contributed by atoms with van der Waals surface area (Å²) in [5, 5.41) is 18.4. The fourth-order valence-corrected chi connectivity index (χ4v) is 4.09. The Morgan fingerprint density at radius 1 is 1.16 bits per heavy atom. The molecule has 1 aromatic rings. The Kier molecular flexibility index (Phi) is 4.51. The van der Waals surface area contributed by atoms with E-state index in [4.69, 9.17) is 5.11 Å². The first-order valence-electron chi connectivity index (χ1n) is 8.37. The monoisotopic (exact) mass is 346 g/mol. The van der Waals surface area contributed by atoms with Crippen LogP contribution in [0.4, 0.5) is 0 Å². The molecule has 2 heterocycles. The fraction of sp³-hybridized carbons (Fsp3) is 0.500. The van der Waals surface area contributed by atoms with E-state index in [1.54, 1.807) is 36.2 Å². The van der Waals surface area contributed by atoms with Gasteiger partial charge in [0.1, 0.15) is 0 Å². The molecule has 1 aromatic carbocycles. The average molecular weight is 346 g/mol. The summed E-state index contributed by atoms with van der Waals surface area (Å²) in [6.07, 6.45) is 1.36. The van der Waals surface area contributed by atoms with E-state index in [-0.39, 0.29) is 17.9 Å². The molecule has 0 aromatic heterocycles. The lowest BCUT2D eigenvalue weighted by molar-refractivity contribution is -0.146. The van der Waals surface area contributed by atoms with Crippen LogP contribution in [-0.4, -0.2) is 63.5 Å². The molecule has 1 amide bonds. The van der Waals surface area contributed by atoms with Crippen LogP contribution < -0.4 is 0 Å². The van der Waals surface area contributed by atoms with Crippen molar-refractivity contribution in [3.63, 3.8) is 0 Å². The Morgan fingerprint density at radius 3 is 2.28 bits per heavy atom. The maximum Gasteiger partial charge on any atom is 0.335 e. The van der Waals surface area contributed by atoms with Crippen LogP contribution in [0.2, 0.25) is 0 Å². The van der Waals surface area contributed by atoms with Gasteiger partial charge in [0.15, 0.2) is 0 Å². The first kappa shape index (κ1) is 17.4. The number of carboxylic acid groups (broad SMARTS) is 2. The van der Waals surface area contributed by atoms with E-state index < -0.39 is 23.4 Å². The first-order valence-corrected chi connectivity index (χ1v) is 8.37. The number of aliphatic carboxylic acids is 1. The van der Waals surface area contributed by atoms with E-state index >= 15 is 0 Å². The van der Waals surface area contributed by atoms with Gasteiger partial charge in [0.25, 0.3) is 0 Å². The van der Waals surface area contributed by atoms with Crippen LogP contribution in [0.25, 0.3) is 0 Å². The van der Waals surface area contributed by atoms with Crippen LogP contribution in [0.15, 0.2) is 24.3 Å². The SMILES string of the molecule is CN1C(=O)C[C@@H](C(=O)O)C12CCN(Cc1ccc(C(=O)O)cc1)CC2. The topological polar surface area (TPSA) is 98.2 Å². The molecule has 7 heteroatoms. The van der Waals surface area contributed by atoms with E-state index in [9.17, 15) is 19.5 Å². The number of carbonyl (C=O) groups excluding carboxylic acids is 1. The molecule has 1 atom stereocenters. The predicted octanol–water partition coefficient (Wildman–Crippen LogP) is 1.28. The van der Waals surface area contributed by atoms with Gasteiger partial charge in [-0.15, -0.1) is 0 Å². The van der Waals surface area contributed by atoms with Crippen LogP contribution in [0.3, 0.4) is 0 Å². The Bertz CT molecular complexity index is 692. The van der Waals surface area contributed by atoms with Crippen molar-refractivity contribution < 1.29 is 24.6 Å². The quantitative estimate of drug-likeness (QED) is 0.852. The molecule has 0 radical (unpaired) electrons. The van der Waals surface area contributed by atoms with Crippen molar-refractivity contribution in [3.05, 3.63) is 35.4 Å². The zero-order chi connectivity index (χ0) is 18.2. The van der Waals surface area contributed by atoms with E-state index in [1.165, 1.54) is 0 Å². The molecule has 7 nitrogen and oxygen atoms in total. The summed E-state index contributed by atoms with van der Waals surface area (Å²) >= 11 is 0. The molecule has 3 rings (SSSR count). The van der Waals surface area contributed by atoms with Crippen molar-refractivity contribution in [2.24, 2.45) is 5.92 Å². The van der Waals surface area contributed by atoms with Crippen LogP contribution in [0.1, 0.15) is 35.2 Å². The molecule has 2 aliphatic heterocycles. The van der Waals surface area contributed by atoms with Crippen molar-refractivity contribution in [1.82, 2.24) is 9.80 Å². The molecule has 0 unspecified atom stereocenters. The van der Waals surface area contributed by atoms with Gasteiger partial charge < -0.3 is 15.1 Å². The number of carboxylic acids is 2. The summed E-state index contributed by atoms with van der Waals surface area (Å²) in [6.45, 7) is 2.11. The van der Waals surface area contributed by atoms with Gasteiger partial charge >= 0.3 is 11.9 Å². The number of amides is 1. The van der Waals surface area contributed by atoms with Gasteiger partial charge in [0, 0.05) is 33.1 Å². The lowest BCUT2D eigenvalue weighted by Crippen LogP contribution is -2.55. The van der Waals surface area contributed by atoms with Crippen LogP contribution in [0.5, 0.6) is 0 Å². The van der Waals surface area contributed by atoms with Gasteiger partial charge in [-0.05, 0) is 30.5 Å². The smallest absolute Gasteiger partial charge is 0.335 e. The molecule has 2 fully saturated rings. The second-order valence-electron chi connectivity index (χ2n) is 6.93. The second-order valence-corrected chi connectivity index (χ2v) is 6.93. The summed E-state index contributed by atoms with van der Waals surface area (Å²) in [6, 6.07) is 6.79. The molecule has 25 heavy (non-hydrogen) atoms. The Labute approximate surface area is 145 Å². The average Bonchev–Trinajstić information content (AvgIpc) is 2.83. The molecule has 0 bridgehead atoms. The van der Waals surface area contributed by atoms with Crippen molar-refractivity contribution in [3.8, 4) is 0 Å². The molecule has 134 valence electrons. The zero-order valence-electron chi connectivity index (χ0n) is 14.1. The van der Waals surface area contributed by atoms with E-state index in [0.29, 0.717) is 32.5 Å². The van der Waals surface area contributed by atoms with Crippen molar-refractivity contribution in [1.29, 1.82) is 0 Å².